The van der Waals surface area contributed by atoms with E-state index in [4.69, 9.17) is 4.74 Å². The van der Waals surface area contributed by atoms with Crippen molar-refractivity contribution in [2.24, 2.45) is 0 Å². The number of benzene rings is 1. The Balaban J connectivity index is 2.70. The third-order valence-electron chi connectivity index (χ3n) is 2.68. The molecule has 19 heavy (non-hydrogen) atoms. The minimum absolute atomic E-state index is 0.127. The number of ether oxygens (including phenoxy) is 1. The number of fused-ring (bicyclic) bond motifs is 1. The van der Waals surface area contributed by atoms with Crippen molar-refractivity contribution in [1.82, 2.24) is 4.98 Å². The lowest BCUT2D eigenvalue weighted by atomic mass is 10.1. The summed E-state index contributed by atoms with van der Waals surface area (Å²) in [6.07, 6.45) is 1.18. The highest BCUT2D eigenvalue weighted by atomic mass is 19.2. The zero-order valence-corrected chi connectivity index (χ0v) is 10.5. The van der Waals surface area contributed by atoms with Gasteiger partial charge in [-0.15, -0.1) is 0 Å². The number of nitrogens with one attached hydrogen (secondary N) is 1. The fourth-order valence-electron chi connectivity index (χ4n) is 1.84. The van der Waals surface area contributed by atoms with Crippen molar-refractivity contribution in [3.8, 4) is 0 Å². The molecule has 1 aromatic carbocycles. The van der Waals surface area contributed by atoms with E-state index < -0.39 is 17.6 Å². The number of esters is 1. The van der Waals surface area contributed by atoms with Gasteiger partial charge in [0.05, 0.1) is 12.3 Å². The minimum atomic E-state index is -1.04. The maximum Gasteiger partial charge on any atom is 0.341 e. The first-order valence-electron chi connectivity index (χ1n) is 5.71. The van der Waals surface area contributed by atoms with Crippen molar-refractivity contribution in [2.45, 2.75) is 6.92 Å². The molecular weight excluding hydrogens is 254 g/mol. The van der Waals surface area contributed by atoms with Gasteiger partial charge in [-0.25, -0.2) is 13.6 Å². The van der Waals surface area contributed by atoms with E-state index in [1.807, 2.05) is 0 Å². The number of hydrogen-bond donors (Lipinski definition) is 1. The normalized spacial score (nSPS) is 10.5. The zero-order chi connectivity index (χ0) is 14.0. The van der Waals surface area contributed by atoms with Crippen LogP contribution in [-0.2, 0) is 4.74 Å². The van der Waals surface area contributed by atoms with E-state index >= 15 is 0 Å². The number of anilines is 1. The van der Waals surface area contributed by atoms with Gasteiger partial charge in [-0.3, -0.25) is 4.98 Å². The number of pyridine rings is 1. The maximum absolute atomic E-state index is 13.6. The molecule has 6 heteroatoms. The number of rotatable bonds is 3. The summed E-state index contributed by atoms with van der Waals surface area (Å²) in [5.74, 6) is -2.58. The molecule has 100 valence electrons. The van der Waals surface area contributed by atoms with Crippen molar-refractivity contribution >= 4 is 22.6 Å². The summed E-state index contributed by atoms with van der Waals surface area (Å²) < 4.78 is 31.6. The van der Waals surface area contributed by atoms with Gasteiger partial charge in [-0.1, -0.05) is 0 Å². The molecule has 1 aromatic heterocycles. The van der Waals surface area contributed by atoms with Crippen molar-refractivity contribution in [2.75, 3.05) is 19.0 Å². The van der Waals surface area contributed by atoms with Crippen LogP contribution in [0.15, 0.2) is 18.3 Å². The maximum atomic E-state index is 13.6. The summed E-state index contributed by atoms with van der Waals surface area (Å²) in [4.78, 5) is 15.5. The fourth-order valence-corrected chi connectivity index (χ4v) is 1.84. The standard InChI is InChI=1S/C13H12F2N2O2/c1-3-19-13(18)8-6-17-12-7(11(8)16-2)4-5-9(14)10(12)15/h4-6H,3H2,1-2H3,(H,16,17). The molecule has 0 aliphatic rings. The van der Waals surface area contributed by atoms with Crippen LogP contribution in [0, 0.1) is 11.6 Å². The van der Waals surface area contributed by atoms with Crippen LogP contribution in [0.2, 0.25) is 0 Å². The molecule has 1 N–H and O–H groups in total. The van der Waals surface area contributed by atoms with Crippen LogP contribution in [0.3, 0.4) is 0 Å². The molecule has 0 aliphatic heterocycles. The van der Waals surface area contributed by atoms with E-state index in [-0.39, 0.29) is 17.7 Å². The molecule has 0 radical (unpaired) electrons. The van der Waals surface area contributed by atoms with Crippen molar-refractivity contribution in [3.63, 3.8) is 0 Å². The van der Waals surface area contributed by atoms with E-state index in [0.29, 0.717) is 11.1 Å². The Morgan fingerprint density at radius 2 is 2.16 bits per heavy atom. The molecule has 2 rings (SSSR count). The van der Waals surface area contributed by atoms with Crippen molar-refractivity contribution < 1.29 is 18.3 Å². The lowest BCUT2D eigenvalue weighted by Gasteiger charge is -2.11. The Labute approximate surface area is 108 Å². The van der Waals surface area contributed by atoms with E-state index in [0.717, 1.165) is 6.07 Å². The summed E-state index contributed by atoms with van der Waals surface area (Å²) in [5.41, 5.74) is 0.419. The summed E-state index contributed by atoms with van der Waals surface area (Å²) in [6, 6.07) is 2.37. The summed E-state index contributed by atoms with van der Waals surface area (Å²) in [5, 5.41) is 3.12. The third-order valence-corrected chi connectivity index (χ3v) is 2.68. The molecular formula is C13H12F2N2O2. The van der Waals surface area contributed by atoms with Crippen LogP contribution in [0.4, 0.5) is 14.5 Å². The second-order valence-corrected chi connectivity index (χ2v) is 3.77. The average Bonchev–Trinajstić information content (AvgIpc) is 2.41. The van der Waals surface area contributed by atoms with E-state index in [1.165, 1.54) is 12.3 Å². The average molecular weight is 266 g/mol. The van der Waals surface area contributed by atoms with Gasteiger partial charge in [-0.05, 0) is 19.1 Å². The van der Waals surface area contributed by atoms with Crippen LogP contribution < -0.4 is 5.32 Å². The van der Waals surface area contributed by atoms with Crippen LogP contribution in [0.5, 0.6) is 0 Å². The zero-order valence-electron chi connectivity index (χ0n) is 10.5. The monoisotopic (exact) mass is 266 g/mol. The van der Waals surface area contributed by atoms with Gasteiger partial charge in [0.15, 0.2) is 11.6 Å². The van der Waals surface area contributed by atoms with E-state index in [1.54, 1.807) is 14.0 Å². The predicted octanol–water partition coefficient (Wildman–Crippen LogP) is 2.73. The van der Waals surface area contributed by atoms with Crippen LogP contribution in [0.25, 0.3) is 10.9 Å². The predicted molar refractivity (Wildman–Crippen MR) is 67.2 cm³/mol. The smallest absolute Gasteiger partial charge is 0.341 e. The molecule has 0 saturated carbocycles. The number of nitrogens with zero attached hydrogens (tertiary/aromatic N) is 1. The summed E-state index contributed by atoms with van der Waals surface area (Å²) in [6.45, 7) is 1.90. The molecule has 0 bridgehead atoms. The van der Waals surface area contributed by atoms with Gasteiger partial charge in [0.1, 0.15) is 11.1 Å². The second-order valence-electron chi connectivity index (χ2n) is 3.77. The largest absolute Gasteiger partial charge is 0.462 e. The Morgan fingerprint density at radius 3 is 2.79 bits per heavy atom. The molecule has 0 spiro atoms. The van der Waals surface area contributed by atoms with Gasteiger partial charge in [0.2, 0.25) is 0 Å². The van der Waals surface area contributed by atoms with Crippen LogP contribution >= 0.6 is 0 Å². The SMILES string of the molecule is CCOC(=O)c1cnc2c(F)c(F)ccc2c1NC. The number of hydrogen-bond acceptors (Lipinski definition) is 4. The highest BCUT2D eigenvalue weighted by Crippen LogP contribution is 2.28. The van der Waals surface area contributed by atoms with Gasteiger partial charge < -0.3 is 10.1 Å². The molecule has 4 nitrogen and oxygen atoms in total. The van der Waals surface area contributed by atoms with Gasteiger partial charge in [0, 0.05) is 18.6 Å². The first-order chi connectivity index (χ1) is 9.10. The third kappa shape index (κ3) is 2.21. The van der Waals surface area contributed by atoms with E-state index in [2.05, 4.69) is 10.3 Å². The first kappa shape index (κ1) is 13.2. The number of halogens is 2. The molecule has 0 fully saturated rings. The second kappa shape index (κ2) is 5.17. The molecule has 0 aliphatic carbocycles. The number of carbonyl (C=O) groups is 1. The number of carbonyl (C=O) groups excluding carboxylic acids is 1. The molecule has 0 atom stereocenters. The molecule has 0 amide bonds. The van der Waals surface area contributed by atoms with Gasteiger partial charge in [0.25, 0.3) is 0 Å². The Bertz CT molecular complexity index is 644. The van der Waals surface area contributed by atoms with E-state index in [9.17, 15) is 13.6 Å². The highest BCUT2D eigenvalue weighted by Gasteiger charge is 2.18. The Kier molecular flexibility index (Phi) is 3.59. The van der Waals surface area contributed by atoms with Crippen molar-refractivity contribution in [1.29, 1.82) is 0 Å². The molecule has 0 unspecified atom stereocenters. The summed E-state index contributed by atoms with van der Waals surface area (Å²) in [7, 11) is 1.58. The lowest BCUT2D eigenvalue weighted by Crippen LogP contribution is -2.09. The quantitative estimate of drug-likeness (QED) is 0.868. The van der Waals surface area contributed by atoms with Crippen molar-refractivity contribution in [3.05, 3.63) is 35.5 Å². The minimum Gasteiger partial charge on any atom is -0.462 e. The molecule has 1 heterocycles. The van der Waals surface area contributed by atoms with Crippen LogP contribution in [0.1, 0.15) is 17.3 Å². The highest BCUT2D eigenvalue weighted by molar-refractivity contribution is 6.04. The lowest BCUT2D eigenvalue weighted by molar-refractivity contribution is 0.0527. The molecule has 0 saturated heterocycles. The number of aromatic nitrogens is 1. The summed E-state index contributed by atoms with van der Waals surface area (Å²) >= 11 is 0. The Hall–Kier alpha value is -2.24. The topological polar surface area (TPSA) is 51.2 Å². The van der Waals surface area contributed by atoms with Gasteiger partial charge >= 0.3 is 5.97 Å². The fraction of sp³-hybridized carbons (Fsp3) is 0.231. The van der Waals surface area contributed by atoms with Crippen LogP contribution in [-0.4, -0.2) is 24.6 Å². The van der Waals surface area contributed by atoms with Gasteiger partial charge in [-0.2, -0.15) is 0 Å². The Morgan fingerprint density at radius 1 is 1.42 bits per heavy atom. The first-order valence-corrected chi connectivity index (χ1v) is 5.71. The molecule has 2 aromatic rings.